The van der Waals surface area contributed by atoms with Crippen molar-refractivity contribution in [2.75, 3.05) is 13.1 Å². The summed E-state index contributed by atoms with van der Waals surface area (Å²) < 4.78 is 0. The predicted molar refractivity (Wildman–Crippen MR) is 74.6 cm³/mol. The molecule has 0 heterocycles. The van der Waals surface area contributed by atoms with E-state index in [1.807, 2.05) is 13.8 Å². The van der Waals surface area contributed by atoms with Crippen molar-refractivity contribution in [2.24, 2.45) is 4.99 Å². The average molecular weight is 254 g/mol. The van der Waals surface area contributed by atoms with Crippen LogP contribution in [-0.4, -0.2) is 37.0 Å². The van der Waals surface area contributed by atoms with E-state index in [1.165, 1.54) is 12.8 Å². The third-order valence-electron chi connectivity index (χ3n) is 2.89. The summed E-state index contributed by atoms with van der Waals surface area (Å²) in [5, 5.41) is 9.45. The Hall–Kier alpha value is -1.26. The lowest BCUT2D eigenvalue weighted by molar-refractivity contribution is -0.121. The number of guanidine groups is 1. The number of nitrogens with one attached hydrogen (secondary N) is 3. The van der Waals surface area contributed by atoms with Crippen LogP contribution < -0.4 is 16.0 Å². The Labute approximate surface area is 110 Å². The summed E-state index contributed by atoms with van der Waals surface area (Å²) in [4.78, 5) is 16.0. The van der Waals surface area contributed by atoms with Gasteiger partial charge in [-0.2, -0.15) is 0 Å². The second kappa shape index (κ2) is 7.95. The van der Waals surface area contributed by atoms with Gasteiger partial charge in [0.25, 0.3) is 0 Å². The Morgan fingerprint density at radius 1 is 1.39 bits per heavy atom. The van der Waals surface area contributed by atoms with Crippen LogP contribution in [-0.2, 0) is 4.79 Å². The maximum absolute atomic E-state index is 11.6. The molecule has 1 unspecified atom stereocenters. The van der Waals surface area contributed by atoms with Gasteiger partial charge in [-0.05, 0) is 33.1 Å². The highest BCUT2D eigenvalue weighted by atomic mass is 16.1. The molecule has 0 aromatic carbocycles. The second-order valence-corrected chi connectivity index (χ2v) is 4.81. The summed E-state index contributed by atoms with van der Waals surface area (Å²) in [5.74, 6) is 0.909. The Morgan fingerprint density at radius 3 is 2.67 bits per heavy atom. The normalized spacial score (nSPS) is 17.2. The van der Waals surface area contributed by atoms with Crippen LogP contribution in [0.25, 0.3) is 0 Å². The smallest absolute Gasteiger partial charge is 0.222 e. The van der Waals surface area contributed by atoms with Crippen molar-refractivity contribution in [1.82, 2.24) is 16.0 Å². The van der Waals surface area contributed by atoms with Gasteiger partial charge in [-0.1, -0.05) is 6.92 Å². The van der Waals surface area contributed by atoms with Crippen molar-refractivity contribution < 1.29 is 4.79 Å². The number of nitrogens with zero attached hydrogens (tertiary/aromatic N) is 1. The van der Waals surface area contributed by atoms with Crippen LogP contribution >= 0.6 is 0 Å². The molecule has 1 rings (SSSR count). The van der Waals surface area contributed by atoms with Gasteiger partial charge in [-0.15, -0.1) is 0 Å². The molecule has 1 saturated carbocycles. The molecule has 1 aliphatic carbocycles. The molecule has 1 amide bonds. The molecule has 0 aromatic heterocycles. The molecule has 3 N–H and O–H groups in total. The zero-order chi connectivity index (χ0) is 13.4. The SMILES string of the molecule is CCNC(=NCCC(=O)NC(C)CC)NC1CC1. The largest absolute Gasteiger partial charge is 0.357 e. The van der Waals surface area contributed by atoms with Crippen molar-refractivity contribution in [1.29, 1.82) is 0 Å². The monoisotopic (exact) mass is 254 g/mol. The minimum Gasteiger partial charge on any atom is -0.357 e. The fourth-order valence-corrected chi connectivity index (χ4v) is 1.46. The standard InChI is InChI=1S/C13H26N4O/c1-4-10(3)16-12(18)8-9-15-13(14-5-2)17-11-6-7-11/h10-11H,4-9H2,1-3H3,(H,16,18)(H2,14,15,17). The number of aliphatic imine (C=N–C) groups is 1. The van der Waals surface area contributed by atoms with E-state index in [4.69, 9.17) is 0 Å². The van der Waals surface area contributed by atoms with Crippen LogP contribution in [0.4, 0.5) is 0 Å². The molecule has 0 spiro atoms. The molecule has 0 saturated heterocycles. The summed E-state index contributed by atoms with van der Waals surface area (Å²) in [6.07, 6.45) is 3.85. The summed E-state index contributed by atoms with van der Waals surface area (Å²) in [6.45, 7) is 7.49. The number of rotatable bonds is 7. The summed E-state index contributed by atoms with van der Waals surface area (Å²) >= 11 is 0. The fraction of sp³-hybridized carbons (Fsp3) is 0.846. The number of hydrogen-bond acceptors (Lipinski definition) is 2. The van der Waals surface area contributed by atoms with Gasteiger partial charge in [-0.25, -0.2) is 0 Å². The maximum Gasteiger partial charge on any atom is 0.222 e. The lowest BCUT2D eigenvalue weighted by Crippen LogP contribution is -2.39. The minimum atomic E-state index is 0.0790. The third-order valence-corrected chi connectivity index (χ3v) is 2.89. The van der Waals surface area contributed by atoms with Crippen LogP contribution in [0.15, 0.2) is 4.99 Å². The maximum atomic E-state index is 11.6. The molecule has 0 aliphatic heterocycles. The zero-order valence-electron chi connectivity index (χ0n) is 11.8. The summed E-state index contributed by atoms with van der Waals surface area (Å²) in [5.41, 5.74) is 0. The Morgan fingerprint density at radius 2 is 2.11 bits per heavy atom. The Kier molecular flexibility index (Phi) is 6.54. The van der Waals surface area contributed by atoms with Gasteiger partial charge in [0.1, 0.15) is 0 Å². The van der Waals surface area contributed by atoms with Crippen molar-refractivity contribution >= 4 is 11.9 Å². The highest BCUT2D eigenvalue weighted by molar-refractivity contribution is 5.81. The van der Waals surface area contributed by atoms with Gasteiger partial charge in [-0.3, -0.25) is 9.79 Å². The molecule has 0 bridgehead atoms. The Balaban J connectivity index is 2.24. The van der Waals surface area contributed by atoms with E-state index in [0.717, 1.165) is 18.9 Å². The minimum absolute atomic E-state index is 0.0790. The second-order valence-electron chi connectivity index (χ2n) is 4.81. The molecule has 104 valence electrons. The number of carbonyl (C=O) groups excluding carboxylic acids is 1. The predicted octanol–water partition coefficient (Wildman–Crippen LogP) is 1.01. The summed E-state index contributed by atoms with van der Waals surface area (Å²) in [6, 6.07) is 0.830. The van der Waals surface area contributed by atoms with Crippen molar-refractivity contribution in [3.8, 4) is 0 Å². The molecule has 18 heavy (non-hydrogen) atoms. The molecule has 5 nitrogen and oxygen atoms in total. The third kappa shape index (κ3) is 6.47. The van der Waals surface area contributed by atoms with Crippen LogP contribution in [0.3, 0.4) is 0 Å². The molecule has 1 aliphatic rings. The zero-order valence-corrected chi connectivity index (χ0v) is 11.8. The van der Waals surface area contributed by atoms with E-state index in [0.29, 0.717) is 19.0 Å². The lowest BCUT2D eigenvalue weighted by atomic mass is 10.2. The molecule has 1 atom stereocenters. The van der Waals surface area contributed by atoms with Crippen LogP contribution in [0, 0.1) is 0 Å². The summed E-state index contributed by atoms with van der Waals surface area (Å²) in [7, 11) is 0. The Bertz CT molecular complexity index is 287. The van der Waals surface area contributed by atoms with Crippen molar-refractivity contribution in [2.45, 2.75) is 58.5 Å². The van der Waals surface area contributed by atoms with Crippen molar-refractivity contribution in [3.05, 3.63) is 0 Å². The van der Waals surface area contributed by atoms with Crippen LogP contribution in [0.1, 0.15) is 46.5 Å². The average Bonchev–Trinajstić information content (AvgIpc) is 3.13. The van der Waals surface area contributed by atoms with E-state index in [9.17, 15) is 4.79 Å². The van der Waals surface area contributed by atoms with Crippen molar-refractivity contribution in [3.63, 3.8) is 0 Å². The van der Waals surface area contributed by atoms with Gasteiger partial charge in [0.2, 0.25) is 5.91 Å². The van der Waals surface area contributed by atoms with Gasteiger partial charge in [0.15, 0.2) is 5.96 Å². The number of hydrogen-bond donors (Lipinski definition) is 3. The molecular formula is C13H26N4O. The molecular weight excluding hydrogens is 228 g/mol. The van der Waals surface area contributed by atoms with Gasteiger partial charge in [0.05, 0.1) is 6.54 Å². The first-order valence-electron chi connectivity index (χ1n) is 6.99. The molecule has 5 heteroatoms. The van der Waals surface area contributed by atoms with E-state index < -0.39 is 0 Å². The lowest BCUT2D eigenvalue weighted by Gasteiger charge is -2.12. The quantitative estimate of drug-likeness (QED) is 0.469. The first-order chi connectivity index (χ1) is 8.65. The van der Waals surface area contributed by atoms with E-state index in [2.05, 4.69) is 27.9 Å². The van der Waals surface area contributed by atoms with Gasteiger partial charge >= 0.3 is 0 Å². The highest BCUT2D eigenvalue weighted by Gasteiger charge is 2.22. The first-order valence-corrected chi connectivity index (χ1v) is 6.99. The number of amides is 1. The number of carbonyl (C=O) groups is 1. The topological polar surface area (TPSA) is 65.5 Å². The fourth-order valence-electron chi connectivity index (χ4n) is 1.46. The molecule has 1 fully saturated rings. The molecule has 0 radical (unpaired) electrons. The molecule has 0 aromatic rings. The van der Waals surface area contributed by atoms with Crippen LogP contribution in [0.5, 0.6) is 0 Å². The van der Waals surface area contributed by atoms with Gasteiger partial charge in [0, 0.05) is 25.0 Å². The van der Waals surface area contributed by atoms with E-state index >= 15 is 0 Å². The van der Waals surface area contributed by atoms with E-state index in [1.54, 1.807) is 0 Å². The van der Waals surface area contributed by atoms with Gasteiger partial charge < -0.3 is 16.0 Å². The highest BCUT2D eigenvalue weighted by Crippen LogP contribution is 2.18. The van der Waals surface area contributed by atoms with E-state index in [-0.39, 0.29) is 11.9 Å². The first kappa shape index (κ1) is 14.8. The van der Waals surface area contributed by atoms with Crippen LogP contribution in [0.2, 0.25) is 0 Å².